The number of rotatable bonds is 8. The third-order valence-corrected chi connectivity index (χ3v) is 3.61. The molecule has 0 unspecified atom stereocenters. The molecule has 144 valence electrons. The number of methoxy groups -OCH3 is 1. The molecule has 1 amide bonds. The molecule has 0 atom stereocenters. The Labute approximate surface area is 160 Å². The second-order valence-electron chi connectivity index (χ2n) is 5.57. The predicted molar refractivity (Wildman–Crippen MR) is 96.5 cm³/mol. The number of amides is 1. The zero-order valence-corrected chi connectivity index (χ0v) is 15.0. The van der Waals surface area contributed by atoms with E-state index in [2.05, 4.69) is 10.1 Å². The van der Waals surface area contributed by atoms with Gasteiger partial charge in [0.15, 0.2) is 13.2 Å². The Morgan fingerprint density at radius 3 is 2.57 bits per heavy atom. The van der Waals surface area contributed by atoms with Gasteiger partial charge in [-0.25, -0.2) is 4.79 Å². The van der Waals surface area contributed by atoms with Crippen LogP contribution in [-0.2, 0) is 16.1 Å². The van der Waals surface area contributed by atoms with Crippen LogP contribution in [0.1, 0.15) is 16.2 Å². The minimum atomic E-state index is -0.587. The number of nitrogens with two attached hydrogens (primary N) is 1. The lowest BCUT2D eigenvalue weighted by Gasteiger charge is -2.05. The number of carbonyl (C=O) groups is 2. The van der Waals surface area contributed by atoms with Crippen LogP contribution < -0.4 is 15.2 Å². The van der Waals surface area contributed by atoms with Crippen molar-refractivity contribution in [3.63, 3.8) is 0 Å². The summed E-state index contributed by atoms with van der Waals surface area (Å²) >= 11 is 0. The largest absolute Gasteiger partial charge is 0.496 e. The highest BCUT2D eigenvalue weighted by atomic mass is 16.6. The topological polar surface area (TPSA) is 127 Å². The third-order valence-electron chi connectivity index (χ3n) is 3.61. The summed E-state index contributed by atoms with van der Waals surface area (Å²) in [5.74, 6) is 0.336. The van der Waals surface area contributed by atoms with Gasteiger partial charge in [-0.2, -0.15) is 4.98 Å². The van der Waals surface area contributed by atoms with Gasteiger partial charge in [-0.3, -0.25) is 4.79 Å². The summed E-state index contributed by atoms with van der Waals surface area (Å²) < 4.78 is 20.7. The fourth-order valence-corrected chi connectivity index (χ4v) is 2.30. The first-order valence-corrected chi connectivity index (χ1v) is 8.21. The van der Waals surface area contributed by atoms with Gasteiger partial charge in [0.2, 0.25) is 5.82 Å². The zero-order valence-electron chi connectivity index (χ0n) is 15.0. The van der Waals surface area contributed by atoms with Crippen LogP contribution in [0.15, 0.2) is 53.1 Å². The number of primary amides is 1. The second kappa shape index (κ2) is 8.67. The molecule has 28 heavy (non-hydrogen) atoms. The van der Waals surface area contributed by atoms with Crippen LogP contribution in [0.5, 0.6) is 11.5 Å². The van der Waals surface area contributed by atoms with Gasteiger partial charge in [0, 0.05) is 0 Å². The van der Waals surface area contributed by atoms with Crippen molar-refractivity contribution in [2.75, 3.05) is 13.7 Å². The number of aromatic nitrogens is 2. The molecule has 2 aromatic carbocycles. The molecule has 3 aromatic rings. The van der Waals surface area contributed by atoms with Crippen LogP contribution >= 0.6 is 0 Å². The summed E-state index contributed by atoms with van der Waals surface area (Å²) in [7, 11) is 1.55. The first-order chi connectivity index (χ1) is 13.6. The van der Waals surface area contributed by atoms with E-state index in [1.54, 1.807) is 19.2 Å². The molecule has 0 fully saturated rings. The number of ether oxygens (including phenoxy) is 3. The zero-order chi connectivity index (χ0) is 19.9. The van der Waals surface area contributed by atoms with Crippen LogP contribution in [-0.4, -0.2) is 35.7 Å². The number of hydrogen-bond acceptors (Lipinski definition) is 8. The van der Waals surface area contributed by atoms with Gasteiger partial charge in [0.05, 0.1) is 18.2 Å². The molecule has 0 spiro atoms. The molecule has 0 saturated carbocycles. The summed E-state index contributed by atoms with van der Waals surface area (Å²) in [5.41, 5.74) is 5.97. The van der Waals surface area contributed by atoms with E-state index in [0.717, 1.165) is 0 Å². The Bertz CT molecular complexity index is 968. The van der Waals surface area contributed by atoms with Crippen molar-refractivity contribution in [3.8, 4) is 22.9 Å². The smallest absolute Gasteiger partial charge is 0.338 e. The number of para-hydroxylation sites is 1. The summed E-state index contributed by atoms with van der Waals surface area (Å²) in [6.07, 6.45) is 0. The standard InChI is InChI=1S/C19H17N3O6/c1-25-15-5-3-2-4-14(15)18-21-17(28-22-18)11-27-19(24)12-6-8-13(9-7-12)26-10-16(20)23/h2-9H,10-11H2,1H3,(H2,20,23). The Morgan fingerprint density at radius 1 is 1.11 bits per heavy atom. The van der Waals surface area contributed by atoms with E-state index in [1.165, 1.54) is 24.3 Å². The lowest BCUT2D eigenvalue weighted by atomic mass is 10.2. The molecular formula is C19H17N3O6. The average Bonchev–Trinajstić information content (AvgIpc) is 3.19. The maximum atomic E-state index is 12.1. The van der Waals surface area contributed by atoms with Gasteiger partial charge >= 0.3 is 5.97 Å². The van der Waals surface area contributed by atoms with Gasteiger partial charge < -0.3 is 24.5 Å². The Kier molecular flexibility index (Phi) is 5.85. The molecule has 0 radical (unpaired) electrons. The monoisotopic (exact) mass is 383 g/mol. The summed E-state index contributed by atoms with van der Waals surface area (Å²) in [5, 5.41) is 3.88. The maximum absolute atomic E-state index is 12.1. The molecular weight excluding hydrogens is 366 g/mol. The number of carbonyl (C=O) groups excluding carboxylic acids is 2. The maximum Gasteiger partial charge on any atom is 0.338 e. The molecule has 9 nitrogen and oxygen atoms in total. The van der Waals surface area contributed by atoms with Crippen molar-refractivity contribution in [2.45, 2.75) is 6.61 Å². The van der Waals surface area contributed by atoms with Crippen LogP contribution in [0, 0.1) is 0 Å². The van der Waals surface area contributed by atoms with Gasteiger partial charge in [-0.1, -0.05) is 17.3 Å². The fourth-order valence-electron chi connectivity index (χ4n) is 2.30. The lowest BCUT2D eigenvalue weighted by molar-refractivity contribution is -0.119. The van der Waals surface area contributed by atoms with E-state index in [1.807, 2.05) is 12.1 Å². The Morgan fingerprint density at radius 2 is 1.86 bits per heavy atom. The quantitative estimate of drug-likeness (QED) is 0.585. The summed E-state index contributed by atoms with van der Waals surface area (Å²) in [6, 6.07) is 13.3. The van der Waals surface area contributed by atoms with E-state index >= 15 is 0 Å². The minimum absolute atomic E-state index is 0.149. The molecule has 0 bridgehead atoms. The Balaban J connectivity index is 1.59. The summed E-state index contributed by atoms with van der Waals surface area (Å²) in [6.45, 7) is -0.420. The number of nitrogens with zero attached hydrogens (tertiary/aromatic N) is 2. The van der Waals surface area contributed by atoms with E-state index in [-0.39, 0.29) is 19.1 Å². The molecule has 0 saturated heterocycles. The third kappa shape index (κ3) is 4.64. The molecule has 0 aliphatic carbocycles. The molecule has 1 aromatic heterocycles. The van der Waals surface area contributed by atoms with E-state index in [0.29, 0.717) is 28.5 Å². The van der Waals surface area contributed by atoms with Crippen molar-refractivity contribution in [2.24, 2.45) is 5.73 Å². The van der Waals surface area contributed by atoms with E-state index in [4.69, 9.17) is 24.5 Å². The molecule has 9 heteroatoms. The normalized spacial score (nSPS) is 10.3. The highest BCUT2D eigenvalue weighted by Crippen LogP contribution is 2.27. The van der Waals surface area contributed by atoms with Gasteiger partial charge in [-0.05, 0) is 36.4 Å². The number of esters is 1. The second-order valence-corrected chi connectivity index (χ2v) is 5.57. The summed E-state index contributed by atoms with van der Waals surface area (Å²) in [4.78, 5) is 27.0. The minimum Gasteiger partial charge on any atom is -0.496 e. The van der Waals surface area contributed by atoms with E-state index in [9.17, 15) is 9.59 Å². The van der Waals surface area contributed by atoms with Crippen molar-refractivity contribution >= 4 is 11.9 Å². The van der Waals surface area contributed by atoms with Crippen LogP contribution in [0.25, 0.3) is 11.4 Å². The van der Waals surface area contributed by atoms with E-state index < -0.39 is 11.9 Å². The van der Waals surface area contributed by atoms with Gasteiger partial charge in [0.1, 0.15) is 11.5 Å². The molecule has 2 N–H and O–H groups in total. The first-order valence-electron chi connectivity index (χ1n) is 8.21. The average molecular weight is 383 g/mol. The van der Waals surface area contributed by atoms with Gasteiger partial charge in [0.25, 0.3) is 11.8 Å². The van der Waals surface area contributed by atoms with Crippen molar-refractivity contribution in [1.29, 1.82) is 0 Å². The molecule has 0 aliphatic rings. The number of hydrogen-bond donors (Lipinski definition) is 1. The molecule has 0 aliphatic heterocycles. The Hall–Kier alpha value is -3.88. The molecule has 3 rings (SSSR count). The molecule has 1 heterocycles. The number of benzene rings is 2. The van der Waals surface area contributed by atoms with Crippen molar-refractivity contribution < 1.29 is 28.3 Å². The highest BCUT2D eigenvalue weighted by molar-refractivity contribution is 5.89. The van der Waals surface area contributed by atoms with Crippen molar-refractivity contribution in [1.82, 2.24) is 10.1 Å². The van der Waals surface area contributed by atoms with Gasteiger partial charge in [-0.15, -0.1) is 0 Å². The fraction of sp³-hybridized carbons (Fsp3) is 0.158. The first kappa shape index (κ1) is 18.9. The predicted octanol–water partition coefficient (Wildman–Crippen LogP) is 1.97. The SMILES string of the molecule is COc1ccccc1-c1noc(COC(=O)c2ccc(OCC(N)=O)cc2)n1. The lowest BCUT2D eigenvalue weighted by Crippen LogP contribution is -2.20. The highest BCUT2D eigenvalue weighted by Gasteiger charge is 2.15. The van der Waals surface area contributed by atoms with Crippen LogP contribution in [0.4, 0.5) is 0 Å². The van der Waals surface area contributed by atoms with Crippen molar-refractivity contribution in [3.05, 3.63) is 60.0 Å². The van der Waals surface area contributed by atoms with Crippen LogP contribution in [0.2, 0.25) is 0 Å². The van der Waals surface area contributed by atoms with Crippen LogP contribution in [0.3, 0.4) is 0 Å².